The number of hydrogen-bond acceptors (Lipinski definition) is 2. The summed E-state index contributed by atoms with van der Waals surface area (Å²) in [5, 5.41) is 2.83. The van der Waals surface area contributed by atoms with Gasteiger partial charge in [0.2, 0.25) is 5.91 Å². The number of benzene rings is 2. The number of aryl methyl sites for hydroxylation is 1. The second kappa shape index (κ2) is 7.15. The molecule has 0 radical (unpaired) electrons. The van der Waals surface area contributed by atoms with Gasteiger partial charge in [-0.2, -0.15) is 0 Å². The van der Waals surface area contributed by atoms with Gasteiger partial charge < -0.3 is 5.32 Å². The Balaban J connectivity index is 1.93. The molecule has 1 atom stereocenters. The van der Waals surface area contributed by atoms with E-state index in [1.54, 1.807) is 11.8 Å². The molecule has 1 amide bonds. The third-order valence-corrected chi connectivity index (χ3v) is 4.17. The predicted molar refractivity (Wildman–Crippen MR) is 86.2 cm³/mol. The number of carbonyl (C=O) groups is 1. The van der Waals surface area contributed by atoms with Gasteiger partial charge in [0.1, 0.15) is 0 Å². The fourth-order valence-corrected chi connectivity index (χ4v) is 2.71. The molecule has 20 heavy (non-hydrogen) atoms. The summed E-state index contributed by atoms with van der Waals surface area (Å²) in [5.41, 5.74) is 2.13. The zero-order valence-electron chi connectivity index (χ0n) is 11.8. The first-order valence-electron chi connectivity index (χ1n) is 6.80. The Labute approximate surface area is 124 Å². The number of amides is 1. The van der Waals surface area contributed by atoms with Crippen LogP contribution in [0.15, 0.2) is 59.5 Å². The molecule has 0 bridgehead atoms. The number of rotatable bonds is 5. The highest BCUT2D eigenvalue weighted by Gasteiger charge is 2.14. The summed E-state index contributed by atoms with van der Waals surface area (Å²) in [4.78, 5) is 13.2. The van der Waals surface area contributed by atoms with Gasteiger partial charge in [-0.1, -0.05) is 37.3 Å². The Morgan fingerprint density at radius 1 is 1.10 bits per heavy atom. The van der Waals surface area contributed by atoms with Gasteiger partial charge in [-0.25, -0.2) is 0 Å². The van der Waals surface area contributed by atoms with Crippen molar-refractivity contribution in [3.8, 4) is 0 Å². The van der Waals surface area contributed by atoms with Crippen LogP contribution in [0, 0.1) is 0 Å². The Morgan fingerprint density at radius 2 is 1.75 bits per heavy atom. The first-order chi connectivity index (χ1) is 9.69. The van der Waals surface area contributed by atoms with Crippen LogP contribution >= 0.6 is 11.8 Å². The standard InChI is InChI=1S/C17H19NOS/c1-3-14-9-11-15(12-10-14)18-17(19)13(2)20-16-7-5-4-6-8-16/h4-13H,3H2,1-2H3,(H,18,19)/t13-/m1/s1. The minimum Gasteiger partial charge on any atom is -0.325 e. The monoisotopic (exact) mass is 285 g/mol. The second-order valence-electron chi connectivity index (χ2n) is 4.61. The largest absolute Gasteiger partial charge is 0.325 e. The van der Waals surface area contributed by atoms with E-state index in [9.17, 15) is 4.79 Å². The SMILES string of the molecule is CCc1ccc(NC(=O)[C@@H](C)Sc2ccccc2)cc1. The molecule has 0 aliphatic carbocycles. The maximum absolute atomic E-state index is 12.1. The summed E-state index contributed by atoms with van der Waals surface area (Å²) in [6.07, 6.45) is 1.01. The van der Waals surface area contributed by atoms with Crippen LogP contribution in [0.5, 0.6) is 0 Å². The normalized spacial score (nSPS) is 11.9. The zero-order chi connectivity index (χ0) is 14.4. The smallest absolute Gasteiger partial charge is 0.237 e. The Morgan fingerprint density at radius 3 is 2.35 bits per heavy atom. The molecule has 0 aliphatic rings. The molecule has 0 aliphatic heterocycles. The number of nitrogens with one attached hydrogen (secondary N) is 1. The van der Waals surface area contributed by atoms with E-state index in [-0.39, 0.29) is 11.2 Å². The summed E-state index contributed by atoms with van der Waals surface area (Å²) in [6, 6.07) is 18.0. The molecule has 0 saturated heterocycles. The van der Waals surface area contributed by atoms with Crippen molar-refractivity contribution in [2.45, 2.75) is 30.4 Å². The minimum atomic E-state index is -0.122. The second-order valence-corrected chi connectivity index (χ2v) is 6.03. The average molecular weight is 285 g/mol. The first kappa shape index (κ1) is 14.7. The van der Waals surface area contributed by atoms with Crippen molar-refractivity contribution in [2.75, 3.05) is 5.32 Å². The molecule has 0 fully saturated rings. The molecule has 0 saturated carbocycles. The van der Waals surface area contributed by atoms with Crippen LogP contribution < -0.4 is 5.32 Å². The van der Waals surface area contributed by atoms with Crippen molar-refractivity contribution in [2.24, 2.45) is 0 Å². The van der Waals surface area contributed by atoms with Gasteiger partial charge in [-0.05, 0) is 43.2 Å². The molecule has 2 rings (SSSR count). The molecule has 2 aromatic carbocycles. The van der Waals surface area contributed by atoms with Gasteiger partial charge in [0.15, 0.2) is 0 Å². The van der Waals surface area contributed by atoms with Crippen molar-refractivity contribution < 1.29 is 4.79 Å². The molecule has 0 spiro atoms. The molecule has 0 heterocycles. The summed E-state index contributed by atoms with van der Waals surface area (Å²) in [6.45, 7) is 4.04. The first-order valence-corrected chi connectivity index (χ1v) is 7.68. The van der Waals surface area contributed by atoms with Gasteiger partial charge in [0, 0.05) is 10.6 Å². The lowest BCUT2D eigenvalue weighted by molar-refractivity contribution is -0.115. The summed E-state index contributed by atoms with van der Waals surface area (Å²) < 4.78 is 0. The van der Waals surface area contributed by atoms with Crippen LogP contribution in [0.4, 0.5) is 5.69 Å². The van der Waals surface area contributed by atoms with Crippen LogP contribution in [0.25, 0.3) is 0 Å². The highest BCUT2D eigenvalue weighted by atomic mass is 32.2. The lowest BCUT2D eigenvalue weighted by Gasteiger charge is -2.12. The van der Waals surface area contributed by atoms with Crippen LogP contribution in [0.2, 0.25) is 0 Å². The number of hydrogen-bond donors (Lipinski definition) is 1. The van der Waals surface area contributed by atoms with Crippen molar-refractivity contribution in [1.29, 1.82) is 0 Å². The number of anilines is 1. The van der Waals surface area contributed by atoms with Crippen molar-refractivity contribution in [1.82, 2.24) is 0 Å². The molecule has 2 nitrogen and oxygen atoms in total. The molecule has 0 aromatic heterocycles. The lowest BCUT2D eigenvalue weighted by Crippen LogP contribution is -2.22. The van der Waals surface area contributed by atoms with E-state index in [0.717, 1.165) is 17.0 Å². The van der Waals surface area contributed by atoms with Crippen LogP contribution in [0.3, 0.4) is 0 Å². The Kier molecular flexibility index (Phi) is 5.24. The third kappa shape index (κ3) is 4.14. The highest BCUT2D eigenvalue weighted by Crippen LogP contribution is 2.23. The van der Waals surface area contributed by atoms with E-state index in [1.165, 1.54) is 5.56 Å². The maximum Gasteiger partial charge on any atom is 0.237 e. The van der Waals surface area contributed by atoms with Crippen LogP contribution in [-0.2, 0) is 11.2 Å². The predicted octanol–water partition coefficient (Wildman–Crippen LogP) is 4.37. The van der Waals surface area contributed by atoms with E-state index in [4.69, 9.17) is 0 Å². The summed E-state index contributed by atoms with van der Waals surface area (Å²) >= 11 is 1.57. The van der Waals surface area contributed by atoms with Crippen molar-refractivity contribution in [3.05, 3.63) is 60.2 Å². The molecule has 2 aromatic rings. The maximum atomic E-state index is 12.1. The van der Waals surface area contributed by atoms with Gasteiger partial charge >= 0.3 is 0 Å². The van der Waals surface area contributed by atoms with Gasteiger partial charge in [0.25, 0.3) is 0 Å². The topological polar surface area (TPSA) is 29.1 Å². The van der Waals surface area contributed by atoms with E-state index >= 15 is 0 Å². The summed E-state index contributed by atoms with van der Waals surface area (Å²) in [7, 11) is 0. The van der Waals surface area contributed by atoms with Gasteiger partial charge in [0.05, 0.1) is 5.25 Å². The molecule has 3 heteroatoms. The molecule has 0 unspecified atom stereocenters. The fraction of sp³-hybridized carbons (Fsp3) is 0.235. The quantitative estimate of drug-likeness (QED) is 0.827. The minimum absolute atomic E-state index is 0.0306. The fourth-order valence-electron chi connectivity index (χ4n) is 1.82. The Hall–Kier alpha value is -1.74. The molecule has 1 N–H and O–H groups in total. The number of carbonyl (C=O) groups excluding carboxylic acids is 1. The van der Waals surface area contributed by atoms with E-state index in [1.807, 2.05) is 61.5 Å². The highest BCUT2D eigenvalue weighted by molar-refractivity contribution is 8.00. The van der Waals surface area contributed by atoms with E-state index in [0.29, 0.717) is 0 Å². The van der Waals surface area contributed by atoms with Crippen LogP contribution in [-0.4, -0.2) is 11.2 Å². The summed E-state index contributed by atoms with van der Waals surface area (Å²) in [5.74, 6) is 0.0306. The third-order valence-electron chi connectivity index (χ3n) is 3.06. The zero-order valence-corrected chi connectivity index (χ0v) is 12.6. The lowest BCUT2D eigenvalue weighted by atomic mass is 10.1. The van der Waals surface area contributed by atoms with E-state index < -0.39 is 0 Å². The van der Waals surface area contributed by atoms with Crippen LogP contribution in [0.1, 0.15) is 19.4 Å². The van der Waals surface area contributed by atoms with Crippen molar-refractivity contribution in [3.63, 3.8) is 0 Å². The van der Waals surface area contributed by atoms with E-state index in [2.05, 4.69) is 12.2 Å². The molecular weight excluding hydrogens is 266 g/mol. The van der Waals surface area contributed by atoms with Gasteiger partial charge in [-0.15, -0.1) is 11.8 Å². The number of thioether (sulfide) groups is 1. The molecule has 104 valence electrons. The average Bonchev–Trinajstić information content (AvgIpc) is 2.49. The van der Waals surface area contributed by atoms with Gasteiger partial charge in [-0.3, -0.25) is 4.79 Å². The van der Waals surface area contributed by atoms with Crippen molar-refractivity contribution >= 4 is 23.4 Å². The Bertz CT molecular complexity index is 551. The molecular formula is C17H19NOS.